The zero-order chi connectivity index (χ0) is 14.5. The van der Waals surface area contributed by atoms with Gasteiger partial charge in [-0.05, 0) is 18.2 Å². The van der Waals surface area contributed by atoms with E-state index in [2.05, 4.69) is 32.6 Å². The van der Waals surface area contributed by atoms with E-state index in [1.807, 2.05) is 12.1 Å². The summed E-state index contributed by atoms with van der Waals surface area (Å²) < 4.78 is 6.70. The summed E-state index contributed by atoms with van der Waals surface area (Å²) in [5.74, 6) is 0.939. The summed E-state index contributed by atoms with van der Waals surface area (Å²) in [4.78, 5) is 12.9. The van der Waals surface area contributed by atoms with Crippen LogP contribution in [-0.2, 0) is 0 Å². The number of carbonyl (C=O) groups is 1. The highest BCUT2D eigenvalue weighted by atomic mass is 79.9. The molecule has 6 heteroatoms. The van der Waals surface area contributed by atoms with Gasteiger partial charge < -0.3 is 20.3 Å². The van der Waals surface area contributed by atoms with E-state index in [0.717, 1.165) is 29.8 Å². The normalized spacial score (nSPS) is 17.1. The van der Waals surface area contributed by atoms with Gasteiger partial charge in [0.2, 0.25) is 0 Å². The van der Waals surface area contributed by atoms with Crippen molar-refractivity contribution in [2.75, 3.05) is 33.8 Å². The lowest BCUT2D eigenvalue weighted by molar-refractivity contribution is 0.216. The van der Waals surface area contributed by atoms with Gasteiger partial charge >= 0.3 is 6.03 Å². The molecule has 0 aliphatic carbocycles. The molecule has 1 atom stereocenters. The number of halogens is 1. The number of nitrogens with zero attached hydrogens (tertiary/aromatic N) is 1. The fourth-order valence-electron chi connectivity index (χ4n) is 2.15. The lowest BCUT2D eigenvalue weighted by Gasteiger charge is -2.27. The second kappa shape index (κ2) is 6.95. The molecule has 0 aromatic heterocycles. The third kappa shape index (κ3) is 3.86. The van der Waals surface area contributed by atoms with Crippen molar-refractivity contribution < 1.29 is 9.53 Å². The molecule has 1 aromatic rings. The Labute approximate surface area is 127 Å². The smallest absolute Gasteiger partial charge is 0.316 e. The Morgan fingerprint density at radius 1 is 1.45 bits per heavy atom. The van der Waals surface area contributed by atoms with Crippen LogP contribution in [-0.4, -0.2) is 44.7 Å². The maximum atomic E-state index is 11.4. The van der Waals surface area contributed by atoms with Gasteiger partial charge in [-0.2, -0.15) is 0 Å². The van der Waals surface area contributed by atoms with Crippen LogP contribution in [0.15, 0.2) is 22.7 Å². The van der Waals surface area contributed by atoms with Gasteiger partial charge in [0, 0.05) is 49.7 Å². The molecule has 1 heterocycles. The molecular formula is C14H20BrN3O2. The molecule has 0 radical (unpaired) electrons. The van der Waals surface area contributed by atoms with Crippen LogP contribution in [0.4, 0.5) is 4.79 Å². The quantitative estimate of drug-likeness (QED) is 0.825. The summed E-state index contributed by atoms with van der Waals surface area (Å²) >= 11 is 3.49. The van der Waals surface area contributed by atoms with E-state index in [0.29, 0.717) is 6.54 Å². The third-order valence-electron chi connectivity index (χ3n) is 3.21. The van der Waals surface area contributed by atoms with Crippen LogP contribution < -0.4 is 15.4 Å². The molecule has 20 heavy (non-hydrogen) atoms. The number of fused-ring (bicyclic) bond motifs is 1. The van der Waals surface area contributed by atoms with E-state index in [4.69, 9.17) is 4.74 Å². The summed E-state index contributed by atoms with van der Waals surface area (Å²) in [5.41, 5.74) is 1.17. The van der Waals surface area contributed by atoms with E-state index < -0.39 is 0 Å². The number of benzene rings is 1. The van der Waals surface area contributed by atoms with Crippen molar-refractivity contribution in [3.63, 3.8) is 0 Å². The number of ether oxygens (including phenoxy) is 1. The van der Waals surface area contributed by atoms with E-state index >= 15 is 0 Å². The second-order valence-electron chi connectivity index (χ2n) is 4.95. The molecular weight excluding hydrogens is 322 g/mol. The zero-order valence-electron chi connectivity index (χ0n) is 11.8. The first-order valence-electron chi connectivity index (χ1n) is 6.68. The number of hydrogen-bond acceptors (Lipinski definition) is 3. The van der Waals surface area contributed by atoms with E-state index in [1.54, 1.807) is 14.1 Å². The molecule has 0 fully saturated rings. The predicted molar refractivity (Wildman–Crippen MR) is 82.1 cm³/mol. The standard InChI is InChI=1S/C14H20BrN3O2/c1-18(2)14(19)17-7-6-16-12-5-8-20-13-4-3-10(15)9-11(12)13/h3-4,9,12,16H,5-8H2,1-2H3,(H,17,19). The van der Waals surface area contributed by atoms with Gasteiger partial charge in [-0.3, -0.25) is 0 Å². The highest BCUT2D eigenvalue weighted by Gasteiger charge is 2.20. The highest BCUT2D eigenvalue weighted by Crippen LogP contribution is 2.33. The molecule has 5 nitrogen and oxygen atoms in total. The van der Waals surface area contributed by atoms with Gasteiger partial charge in [-0.25, -0.2) is 4.79 Å². The predicted octanol–water partition coefficient (Wildman–Crippen LogP) is 2.13. The van der Waals surface area contributed by atoms with E-state index in [1.165, 1.54) is 10.5 Å². The summed E-state index contributed by atoms with van der Waals surface area (Å²) in [5, 5.41) is 6.31. The SMILES string of the molecule is CN(C)C(=O)NCCNC1CCOc2ccc(Br)cc21. The Morgan fingerprint density at radius 3 is 3.00 bits per heavy atom. The summed E-state index contributed by atoms with van der Waals surface area (Å²) in [6.45, 7) is 2.06. The molecule has 0 saturated heterocycles. The van der Waals surface area contributed by atoms with E-state index in [9.17, 15) is 4.79 Å². The molecule has 2 N–H and O–H groups in total. The lowest BCUT2D eigenvalue weighted by atomic mass is 10.0. The van der Waals surface area contributed by atoms with Crippen molar-refractivity contribution in [1.29, 1.82) is 0 Å². The second-order valence-corrected chi connectivity index (χ2v) is 5.87. The van der Waals surface area contributed by atoms with Gasteiger partial charge in [0.1, 0.15) is 5.75 Å². The lowest BCUT2D eigenvalue weighted by Crippen LogP contribution is -2.39. The van der Waals surface area contributed by atoms with Crippen LogP contribution in [0.25, 0.3) is 0 Å². The Bertz CT molecular complexity index is 479. The molecule has 2 amide bonds. The van der Waals surface area contributed by atoms with Gasteiger partial charge in [-0.1, -0.05) is 15.9 Å². The van der Waals surface area contributed by atoms with Crippen LogP contribution in [0.2, 0.25) is 0 Å². The van der Waals surface area contributed by atoms with Crippen LogP contribution in [0.3, 0.4) is 0 Å². The highest BCUT2D eigenvalue weighted by molar-refractivity contribution is 9.10. The Balaban J connectivity index is 1.86. The minimum absolute atomic E-state index is 0.0677. The van der Waals surface area contributed by atoms with Crippen molar-refractivity contribution in [2.45, 2.75) is 12.5 Å². The monoisotopic (exact) mass is 341 g/mol. The maximum absolute atomic E-state index is 11.4. The van der Waals surface area contributed by atoms with Crippen LogP contribution in [0, 0.1) is 0 Å². The largest absolute Gasteiger partial charge is 0.493 e. The third-order valence-corrected chi connectivity index (χ3v) is 3.70. The van der Waals surface area contributed by atoms with Crippen molar-refractivity contribution in [1.82, 2.24) is 15.5 Å². The molecule has 1 aliphatic heterocycles. The van der Waals surface area contributed by atoms with Crippen LogP contribution in [0.5, 0.6) is 5.75 Å². The first-order valence-corrected chi connectivity index (χ1v) is 7.48. The number of nitrogens with one attached hydrogen (secondary N) is 2. The van der Waals surface area contributed by atoms with Gasteiger partial charge in [0.25, 0.3) is 0 Å². The average molecular weight is 342 g/mol. The fourth-order valence-corrected chi connectivity index (χ4v) is 2.53. The van der Waals surface area contributed by atoms with Gasteiger partial charge in [0.15, 0.2) is 0 Å². The molecule has 1 aliphatic rings. The van der Waals surface area contributed by atoms with E-state index in [-0.39, 0.29) is 12.1 Å². The van der Waals surface area contributed by atoms with Crippen molar-refractivity contribution >= 4 is 22.0 Å². The zero-order valence-corrected chi connectivity index (χ0v) is 13.4. The number of carbonyl (C=O) groups excluding carboxylic acids is 1. The number of urea groups is 1. The first kappa shape index (κ1) is 15.1. The summed E-state index contributed by atoms with van der Waals surface area (Å²) in [6, 6.07) is 6.26. The van der Waals surface area contributed by atoms with Gasteiger partial charge in [0.05, 0.1) is 6.61 Å². The molecule has 1 aromatic carbocycles. The molecule has 0 spiro atoms. The average Bonchev–Trinajstić information content (AvgIpc) is 2.43. The maximum Gasteiger partial charge on any atom is 0.316 e. The molecule has 110 valence electrons. The Kier molecular flexibility index (Phi) is 5.25. The minimum Gasteiger partial charge on any atom is -0.493 e. The minimum atomic E-state index is -0.0677. The summed E-state index contributed by atoms with van der Waals surface area (Å²) in [7, 11) is 3.46. The van der Waals surface area contributed by atoms with Crippen LogP contribution in [0.1, 0.15) is 18.0 Å². The van der Waals surface area contributed by atoms with Crippen molar-refractivity contribution in [3.8, 4) is 5.75 Å². The Morgan fingerprint density at radius 2 is 2.25 bits per heavy atom. The Hall–Kier alpha value is -1.27. The number of amides is 2. The fraction of sp³-hybridized carbons (Fsp3) is 0.500. The first-order chi connectivity index (χ1) is 9.58. The number of rotatable bonds is 4. The van der Waals surface area contributed by atoms with Crippen molar-refractivity contribution in [3.05, 3.63) is 28.2 Å². The number of hydrogen-bond donors (Lipinski definition) is 2. The van der Waals surface area contributed by atoms with Crippen molar-refractivity contribution in [2.24, 2.45) is 0 Å². The summed E-state index contributed by atoms with van der Waals surface area (Å²) in [6.07, 6.45) is 0.936. The molecule has 0 saturated carbocycles. The molecule has 0 bridgehead atoms. The molecule has 1 unspecified atom stereocenters. The van der Waals surface area contributed by atoms with Gasteiger partial charge in [-0.15, -0.1) is 0 Å². The molecule has 2 rings (SSSR count). The van der Waals surface area contributed by atoms with Crippen LogP contribution >= 0.6 is 15.9 Å². The topological polar surface area (TPSA) is 53.6 Å².